The van der Waals surface area contributed by atoms with Gasteiger partial charge < -0.3 is 9.84 Å². The monoisotopic (exact) mass is 456 g/mol. The fourth-order valence-corrected chi connectivity index (χ4v) is 3.56. The fourth-order valence-electron chi connectivity index (χ4n) is 3.43. The Bertz CT molecular complexity index is 1290. The molecule has 10 heteroatoms. The number of carbonyl (C=O) groups excluding carboxylic acids is 3. The number of carboxylic acid groups (broad SMARTS) is 1. The van der Waals surface area contributed by atoms with Crippen molar-refractivity contribution < 1.29 is 29.0 Å². The molecule has 0 bridgehead atoms. The highest BCUT2D eigenvalue weighted by molar-refractivity contribution is 6.44. The summed E-state index contributed by atoms with van der Waals surface area (Å²) in [4.78, 5) is 61.5. The van der Waals surface area contributed by atoms with Gasteiger partial charge in [-0.15, -0.1) is 4.91 Å². The van der Waals surface area contributed by atoms with Gasteiger partial charge in [-0.1, -0.05) is 11.6 Å². The summed E-state index contributed by atoms with van der Waals surface area (Å²) in [6, 6.07) is 10.6. The number of fused-ring (bicyclic) bond motifs is 1. The number of Topliss-reactive ketones (excluding diaryl/α,β-unsaturated/α-hetero) is 2. The van der Waals surface area contributed by atoms with Gasteiger partial charge in [-0.05, 0) is 61.5 Å². The Hall–Kier alpha value is -3.85. The molecule has 1 atom stereocenters. The van der Waals surface area contributed by atoms with E-state index in [1.54, 1.807) is 6.07 Å². The molecule has 9 nitrogen and oxygen atoms in total. The maximum absolute atomic E-state index is 13.3. The van der Waals surface area contributed by atoms with Gasteiger partial charge in [0.05, 0.1) is 12.6 Å². The van der Waals surface area contributed by atoms with Crippen LogP contribution in [0.15, 0.2) is 47.6 Å². The number of halogens is 1. The number of benzene rings is 2. The SMILES string of the molecule is COc1ccc2c(c1)c(C(=O)C(C)(N=O)C(=O)C(=O)O)c(C)n2C(=O)c1ccc(Cl)cc1. The highest BCUT2D eigenvalue weighted by Crippen LogP contribution is 2.34. The topological polar surface area (TPSA) is 132 Å². The van der Waals surface area contributed by atoms with Crippen molar-refractivity contribution in [2.75, 3.05) is 7.11 Å². The van der Waals surface area contributed by atoms with Gasteiger partial charge in [0.2, 0.25) is 11.3 Å². The van der Waals surface area contributed by atoms with E-state index in [4.69, 9.17) is 21.4 Å². The van der Waals surface area contributed by atoms with Gasteiger partial charge in [0.1, 0.15) is 5.75 Å². The largest absolute Gasteiger partial charge is 0.497 e. The molecular formula is C22H17ClN2O7. The third-order valence-electron chi connectivity index (χ3n) is 5.19. The lowest BCUT2D eigenvalue weighted by Gasteiger charge is -2.16. The molecule has 0 aliphatic rings. The van der Waals surface area contributed by atoms with Crippen molar-refractivity contribution in [3.63, 3.8) is 0 Å². The van der Waals surface area contributed by atoms with Crippen LogP contribution in [0.1, 0.15) is 33.3 Å². The molecule has 32 heavy (non-hydrogen) atoms. The van der Waals surface area contributed by atoms with Crippen molar-refractivity contribution >= 4 is 45.9 Å². The molecule has 164 valence electrons. The van der Waals surface area contributed by atoms with Gasteiger partial charge in [-0.2, -0.15) is 0 Å². The smallest absolute Gasteiger partial charge is 0.375 e. The van der Waals surface area contributed by atoms with Crippen molar-refractivity contribution in [2.45, 2.75) is 19.4 Å². The zero-order chi connectivity index (χ0) is 23.8. The second kappa shape index (κ2) is 8.35. The Morgan fingerprint density at radius 2 is 1.72 bits per heavy atom. The van der Waals surface area contributed by atoms with Crippen LogP contribution in [0.3, 0.4) is 0 Å². The molecule has 3 aromatic rings. The quantitative estimate of drug-likeness (QED) is 0.248. The van der Waals surface area contributed by atoms with Crippen molar-refractivity contribution in [2.24, 2.45) is 5.18 Å². The van der Waals surface area contributed by atoms with Crippen molar-refractivity contribution in [1.29, 1.82) is 0 Å². The van der Waals surface area contributed by atoms with E-state index in [-0.39, 0.29) is 22.2 Å². The molecule has 1 unspecified atom stereocenters. The van der Waals surface area contributed by atoms with E-state index in [2.05, 4.69) is 5.18 Å². The van der Waals surface area contributed by atoms with E-state index in [1.807, 2.05) is 0 Å². The second-order valence-corrected chi connectivity index (χ2v) is 7.55. The minimum atomic E-state index is -2.72. The van der Waals surface area contributed by atoms with Crippen LogP contribution in [0.25, 0.3) is 10.9 Å². The van der Waals surface area contributed by atoms with Crippen LogP contribution in [0.5, 0.6) is 5.75 Å². The molecule has 1 heterocycles. The first kappa shape index (κ1) is 22.8. The maximum atomic E-state index is 13.3. The predicted molar refractivity (Wildman–Crippen MR) is 116 cm³/mol. The molecule has 2 aromatic carbocycles. The molecule has 1 N–H and O–H groups in total. The summed E-state index contributed by atoms with van der Waals surface area (Å²) in [5.74, 6) is -4.95. The van der Waals surface area contributed by atoms with Crippen molar-refractivity contribution in [3.8, 4) is 5.75 Å². The standard InChI is InChI=1S/C22H17ClN2O7/c1-11-17(18(26)22(2,24-31)19(27)21(29)30)15-10-14(32-3)8-9-16(15)25(11)20(28)12-4-6-13(23)7-5-12/h4-10H,1-3H3,(H,29,30). The molecule has 0 spiro atoms. The first-order chi connectivity index (χ1) is 15.1. The van der Waals surface area contributed by atoms with E-state index >= 15 is 0 Å². The Kier molecular flexibility index (Phi) is 5.96. The van der Waals surface area contributed by atoms with Crippen LogP contribution in [0.4, 0.5) is 0 Å². The van der Waals surface area contributed by atoms with E-state index in [0.29, 0.717) is 16.3 Å². The lowest BCUT2D eigenvalue weighted by atomic mass is 9.86. The highest BCUT2D eigenvalue weighted by Gasteiger charge is 2.48. The number of rotatable bonds is 7. The number of ether oxygens (including phenoxy) is 1. The average Bonchev–Trinajstić information content (AvgIpc) is 3.07. The molecule has 0 saturated carbocycles. The van der Waals surface area contributed by atoms with Gasteiger partial charge in [-0.3, -0.25) is 19.0 Å². The first-order valence-corrected chi connectivity index (χ1v) is 9.61. The predicted octanol–water partition coefficient (Wildman–Crippen LogP) is 3.66. The summed E-state index contributed by atoms with van der Waals surface area (Å²) >= 11 is 5.89. The number of carbonyl (C=O) groups is 4. The average molecular weight is 457 g/mol. The van der Waals surface area contributed by atoms with Gasteiger partial charge in [-0.25, -0.2) is 4.79 Å². The molecule has 3 rings (SSSR count). The summed E-state index contributed by atoms with van der Waals surface area (Å²) in [5, 5.41) is 12.3. The minimum absolute atomic E-state index is 0.103. The Balaban J connectivity index is 2.32. The number of aromatic nitrogens is 1. The molecule has 0 fully saturated rings. The molecular weight excluding hydrogens is 440 g/mol. The molecule has 0 aliphatic heterocycles. The van der Waals surface area contributed by atoms with E-state index in [9.17, 15) is 24.1 Å². The lowest BCUT2D eigenvalue weighted by Crippen LogP contribution is -2.45. The number of ketones is 2. The number of hydrogen-bond donors (Lipinski definition) is 1. The molecule has 0 radical (unpaired) electrons. The summed E-state index contributed by atoms with van der Waals surface area (Å²) in [7, 11) is 1.40. The molecule has 0 amide bonds. The summed E-state index contributed by atoms with van der Waals surface area (Å²) in [5.41, 5.74) is -2.24. The third-order valence-corrected chi connectivity index (χ3v) is 5.45. The zero-order valence-electron chi connectivity index (χ0n) is 17.2. The third kappa shape index (κ3) is 3.56. The number of hydrogen-bond acceptors (Lipinski definition) is 7. The Labute approximate surface area is 186 Å². The maximum Gasteiger partial charge on any atom is 0.375 e. The normalized spacial score (nSPS) is 12.8. The first-order valence-electron chi connectivity index (χ1n) is 9.23. The zero-order valence-corrected chi connectivity index (χ0v) is 18.0. The summed E-state index contributed by atoms with van der Waals surface area (Å²) < 4.78 is 6.43. The van der Waals surface area contributed by atoms with Crippen LogP contribution in [-0.4, -0.2) is 45.8 Å². The molecule has 1 aromatic heterocycles. The molecule has 0 aliphatic carbocycles. The number of methoxy groups -OCH3 is 1. The van der Waals surface area contributed by atoms with Crippen LogP contribution in [0, 0.1) is 11.8 Å². The van der Waals surface area contributed by atoms with Crippen LogP contribution in [-0.2, 0) is 9.59 Å². The van der Waals surface area contributed by atoms with Crippen molar-refractivity contribution in [3.05, 3.63) is 69.2 Å². The summed E-state index contributed by atoms with van der Waals surface area (Å²) in [6.07, 6.45) is 0. The number of aliphatic carboxylic acids is 1. The van der Waals surface area contributed by atoms with Crippen molar-refractivity contribution in [1.82, 2.24) is 4.57 Å². The minimum Gasteiger partial charge on any atom is -0.497 e. The van der Waals surface area contributed by atoms with Gasteiger partial charge in [0, 0.05) is 27.2 Å². The summed E-state index contributed by atoms with van der Waals surface area (Å²) in [6.45, 7) is 2.28. The number of carboxylic acids is 1. The van der Waals surface area contributed by atoms with Gasteiger partial charge >= 0.3 is 5.97 Å². The number of nitroso groups, excluding NO2 is 1. The Morgan fingerprint density at radius 3 is 2.25 bits per heavy atom. The highest BCUT2D eigenvalue weighted by atomic mass is 35.5. The van der Waals surface area contributed by atoms with E-state index < -0.39 is 29.0 Å². The van der Waals surface area contributed by atoms with Crippen LogP contribution in [0.2, 0.25) is 5.02 Å². The van der Waals surface area contributed by atoms with Gasteiger partial charge in [0.15, 0.2) is 0 Å². The fraction of sp³-hybridized carbons (Fsp3) is 0.182. The van der Waals surface area contributed by atoms with Gasteiger partial charge in [0.25, 0.3) is 11.7 Å². The van der Waals surface area contributed by atoms with Crippen LogP contribution < -0.4 is 4.74 Å². The number of nitrogens with zero attached hydrogens (tertiary/aromatic N) is 2. The molecule has 0 saturated heterocycles. The van der Waals surface area contributed by atoms with Crippen LogP contribution >= 0.6 is 11.6 Å². The van der Waals surface area contributed by atoms with E-state index in [1.165, 1.54) is 55.0 Å². The Morgan fingerprint density at radius 1 is 1.09 bits per heavy atom. The van der Waals surface area contributed by atoms with E-state index in [0.717, 1.165) is 6.92 Å². The second-order valence-electron chi connectivity index (χ2n) is 7.12. The lowest BCUT2D eigenvalue weighted by molar-refractivity contribution is -0.150.